The molecule has 1 aliphatic rings. The molecule has 0 aliphatic carbocycles. The first kappa shape index (κ1) is 9.68. The SMILES string of the molecule is Cc1ccc(N2CCNCCC2=O)s1. The normalized spacial score (nSPS) is 18.4. The molecule has 1 aromatic heterocycles. The standard InChI is InChI=1S/C10H14N2OS/c1-8-2-3-10(14-8)12-7-6-11-5-4-9(12)13/h2-3,11H,4-7H2,1H3. The molecule has 0 bridgehead atoms. The van der Waals surface area contributed by atoms with Gasteiger partial charge in [0.1, 0.15) is 0 Å². The lowest BCUT2D eigenvalue weighted by Gasteiger charge is -2.17. The maximum Gasteiger partial charge on any atom is 0.228 e. The summed E-state index contributed by atoms with van der Waals surface area (Å²) in [5.74, 6) is 0.233. The summed E-state index contributed by atoms with van der Waals surface area (Å²) in [6.07, 6.45) is 0.608. The first-order chi connectivity index (χ1) is 6.77. The molecule has 0 atom stereocenters. The van der Waals surface area contributed by atoms with Gasteiger partial charge in [0.15, 0.2) is 0 Å². The van der Waals surface area contributed by atoms with E-state index in [4.69, 9.17) is 0 Å². The third-order valence-electron chi connectivity index (χ3n) is 2.32. The van der Waals surface area contributed by atoms with Gasteiger partial charge in [-0.25, -0.2) is 0 Å². The first-order valence-corrected chi connectivity index (χ1v) is 5.66. The van der Waals surface area contributed by atoms with Gasteiger partial charge in [-0.3, -0.25) is 4.79 Å². The summed E-state index contributed by atoms with van der Waals surface area (Å²) in [6.45, 7) is 4.55. The number of hydrogen-bond donors (Lipinski definition) is 1. The van der Waals surface area contributed by atoms with Gasteiger partial charge in [0.25, 0.3) is 0 Å². The van der Waals surface area contributed by atoms with Crippen LogP contribution in [0, 0.1) is 6.92 Å². The number of nitrogens with zero attached hydrogens (tertiary/aromatic N) is 1. The summed E-state index contributed by atoms with van der Waals surface area (Å²) >= 11 is 1.68. The third-order valence-corrected chi connectivity index (χ3v) is 3.34. The van der Waals surface area contributed by atoms with E-state index in [1.165, 1.54) is 4.88 Å². The van der Waals surface area contributed by atoms with E-state index in [9.17, 15) is 4.79 Å². The molecule has 4 heteroatoms. The Balaban J connectivity index is 2.18. The Morgan fingerprint density at radius 2 is 2.29 bits per heavy atom. The van der Waals surface area contributed by atoms with Crippen LogP contribution in [-0.4, -0.2) is 25.5 Å². The Bertz CT molecular complexity index is 335. The second-order valence-corrected chi connectivity index (χ2v) is 4.70. The van der Waals surface area contributed by atoms with E-state index in [2.05, 4.69) is 18.3 Å². The van der Waals surface area contributed by atoms with Crippen molar-refractivity contribution in [3.8, 4) is 0 Å². The Morgan fingerprint density at radius 1 is 1.43 bits per heavy atom. The van der Waals surface area contributed by atoms with Crippen LogP contribution < -0.4 is 10.2 Å². The van der Waals surface area contributed by atoms with Gasteiger partial charge >= 0.3 is 0 Å². The van der Waals surface area contributed by atoms with Crippen molar-refractivity contribution in [3.05, 3.63) is 17.0 Å². The van der Waals surface area contributed by atoms with Gasteiger partial charge in [0, 0.05) is 30.9 Å². The molecule has 0 radical (unpaired) electrons. The first-order valence-electron chi connectivity index (χ1n) is 4.85. The molecule has 14 heavy (non-hydrogen) atoms. The summed E-state index contributed by atoms with van der Waals surface area (Å²) in [4.78, 5) is 14.9. The number of rotatable bonds is 1. The van der Waals surface area contributed by atoms with E-state index in [1.54, 1.807) is 11.3 Å². The molecule has 3 nitrogen and oxygen atoms in total. The topological polar surface area (TPSA) is 32.3 Å². The third kappa shape index (κ3) is 1.96. The second-order valence-electron chi connectivity index (χ2n) is 3.43. The maximum atomic E-state index is 11.7. The van der Waals surface area contributed by atoms with Gasteiger partial charge < -0.3 is 10.2 Å². The second kappa shape index (κ2) is 4.11. The van der Waals surface area contributed by atoms with E-state index in [-0.39, 0.29) is 5.91 Å². The van der Waals surface area contributed by atoms with Gasteiger partial charge in [-0.2, -0.15) is 0 Å². The molecule has 76 valence electrons. The van der Waals surface area contributed by atoms with Crippen LogP contribution in [0.1, 0.15) is 11.3 Å². The summed E-state index contributed by atoms with van der Waals surface area (Å²) in [7, 11) is 0. The van der Waals surface area contributed by atoms with Crippen molar-refractivity contribution in [3.63, 3.8) is 0 Å². The largest absolute Gasteiger partial charge is 0.314 e. The van der Waals surface area contributed by atoms with Crippen molar-refractivity contribution in [1.29, 1.82) is 0 Å². The average molecular weight is 210 g/mol. The molecule has 0 spiro atoms. The molecule has 1 N–H and O–H groups in total. The molecule has 2 heterocycles. The fourth-order valence-electron chi connectivity index (χ4n) is 1.57. The van der Waals surface area contributed by atoms with E-state index in [1.807, 2.05) is 11.0 Å². The number of thiophene rings is 1. The minimum absolute atomic E-state index is 0.233. The lowest BCUT2D eigenvalue weighted by Crippen LogP contribution is -2.31. The smallest absolute Gasteiger partial charge is 0.228 e. The van der Waals surface area contributed by atoms with Crippen molar-refractivity contribution in [2.24, 2.45) is 0 Å². The number of carbonyl (C=O) groups is 1. The lowest BCUT2D eigenvalue weighted by molar-refractivity contribution is -0.118. The molecular weight excluding hydrogens is 196 g/mol. The quantitative estimate of drug-likeness (QED) is 0.759. The average Bonchev–Trinajstić information content (AvgIpc) is 2.46. The summed E-state index contributed by atoms with van der Waals surface area (Å²) < 4.78 is 0. The minimum Gasteiger partial charge on any atom is -0.314 e. The highest BCUT2D eigenvalue weighted by Crippen LogP contribution is 2.25. The predicted molar refractivity (Wildman–Crippen MR) is 58.9 cm³/mol. The van der Waals surface area contributed by atoms with Gasteiger partial charge in [0.05, 0.1) is 5.00 Å². The monoisotopic (exact) mass is 210 g/mol. The number of amides is 1. The molecule has 1 aliphatic heterocycles. The summed E-state index contributed by atoms with van der Waals surface area (Å²) in [5, 5.41) is 4.31. The van der Waals surface area contributed by atoms with Crippen LogP contribution in [0.2, 0.25) is 0 Å². The number of nitrogens with one attached hydrogen (secondary N) is 1. The Labute approximate surface area is 87.7 Å². The molecular formula is C10H14N2OS. The van der Waals surface area contributed by atoms with Crippen molar-refractivity contribution in [2.75, 3.05) is 24.5 Å². The van der Waals surface area contributed by atoms with Crippen LogP contribution in [-0.2, 0) is 4.79 Å². The molecule has 0 unspecified atom stereocenters. The Kier molecular flexibility index (Phi) is 2.84. The van der Waals surface area contributed by atoms with Crippen LogP contribution in [0.3, 0.4) is 0 Å². The number of hydrogen-bond acceptors (Lipinski definition) is 3. The molecule has 0 aromatic carbocycles. The van der Waals surface area contributed by atoms with E-state index in [0.717, 1.165) is 24.6 Å². The molecule has 0 saturated carbocycles. The van der Waals surface area contributed by atoms with Crippen LogP contribution in [0.4, 0.5) is 5.00 Å². The van der Waals surface area contributed by atoms with Crippen molar-refractivity contribution in [1.82, 2.24) is 5.32 Å². The highest BCUT2D eigenvalue weighted by atomic mass is 32.1. The molecule has 2 rings (SSSR count). The minimum atomic E-state index is 0.233. The molecule has 1 saturated heterocycles. The zero-order valence-electron chi connectivity index (χ0n) is 8.25. The van der Waals surface area contributed by atoms with Crippen LogP contribution in [0.25, 0.3) is 0 Å². The zero-order valence-corrected chi connectivity index (χ0v) is 9.06. The van der Waals surface area contributed by atoms with Crippen molar-refractivity contribution in [2.45, 2.75) is 13.3 Å². The van der Waals surface area contributed by atoms with Gasteiger partial charge in [-0.1, -0.05) is 0 Å². The number of aryl methyl sites for hydroxylation is 1. The van der Waals surface area contributed by atoms with Crippen LogP contribution >= 0.6 is 11.3 Å². The van der Waals surface area contributed by atoms with E-state index < -0.39 is 0 Å². The zero-order chi connectivity index (χ0) is 9.97. The number of carbonyl (C=O) groups excluding carboxylic acids is 1. The lowest BCUT2D eigenvalue weighted by atomic mass is 10.4. The molecule has 1 amide bonds. The summed E-state index contributed by atoms with van der Waals surface area (Å²) in [6, 6.07) is 4.09. The fourth-order valence-corrected chi connectivity index (χ4v) is 2.48. The van der Waals surface area contributed by atoms with Crippen molar-refractivity contribution >= 4 is 22.2 Å². The Hall–Kier alpha value is -0.870. The van der Waals surface area contributed by atoms with Gasteiger partial charge in [0.2, 0.25) is 5.91 Å². The predicted octanol–water partition coefficient (Wildman–Crippen LogP) is 1.38. The van der Waals surface area contributed by atoms with Crippen LogP contribution in [0.15, 0.2) is 12.1 Å². The van der Waals surface area contributed by atoms with Crippen molar-refractivity contribution < 1.29 is 4.79 Å². The number of anilines is 1. The summed E-state index contributed by atoms with van der Waals surface area (Å²) in [5.41, 5.74) is 0. The van der Waals surface area contributed by atoms with Gasteiger partial charge in [-0.05, 0) is 19.1 Å². The molecule has 1 fully saturated rings. The van der Waals surface area contributed by atoms with E-state index in [0.29, 0.717) is 6.42 Å². The highest BCUT2D eigenvalue weighted by molar-refractivity contribution is 7.16. The Morgan fingerprint density at radius 3 is 3.00 bits per heavy atom. The highest BCUT2D eigenvalue weighted by Gasteiger charge is 2.18. The van der Waals surface area contributed by atoms with Gasteiger partial charge in [-0.15, -0.1) is 11.3 Å². The molecule has 1 aromatic rings. The fraction of sp³-hybridized carbons (Fsp3) is 0.500. The van der Waals surface area contributed by atoms with E-state index >= 15 is 0 Å². The maximum absolute atomic E-state index is 11.7. The van der Waals surface area contributed by atoms with Crippen LogP contribution in [0.5, 0.6) is 0 Å².